The SMILES string of the molecule is Cc1ccc(NC(=O)Cn2nc(C)c3c(C4CC4)ccnc32)cc1C. The average molecular weight is 334 g/mol. The molecule has 5 heteroatoms. The van der Waals surface area contributed by atoms with E-state index >= 15 is 0 Å². The topological polar surface area (TPSA) is 59.8 Å². The van der Waals surface area contributed by atoms with Gasteiger partial charge in [0.15, 0.2) is 5.65 Å². The van der Waals surface area contributed by atoms with E-state index in [-0.39, 0.29) is 12.5 Å². The maximum absolute atomic E-state index is 12.5. The standard InChI is InChI=1S/C20H22N4O/c1-12-4-7-16(10-13(12)2)22-18(25)11-24-20-19(14(3)23-24)17(8-9-21-20)15-5-6-15/h4,7-10,15H,5-6,11H2,1-3H3,(H,22,25). The van der Waals surface area contributed by atoms with E-state index in [0.717, 1.165) is 28.0 Å². The van der Waals surface area contributed by atoms with Crippen molar-refractivity contribution in [3.63, 3.8) is 0 Å². The van der Waals surface area contributed by atoms with E-state index in [9.17, 15) is 4.79 Å². The molecule has 1 amide bonds. The van der Waals surface area contributed by atoms with Gasteiger partial charge in [0.2, 0.25) is 5.91 Å². The highest BCUT2D eigenvalue weighted by Crippen LogP contribution is 2.43. The number of pyridine rings is 1. The van der Waals surface area contributed by atoms with Crippen LogP contribution in [-0.2, 0) is 11.3 Å². The number of amides is 1. The van der Waals surface area contributed by atoms with E-state index < -0.39 is 0 Å². The van der Waals surface area contributed by atoms with Crippen molar-refractivity contribution >= 4 is 22.6 Å². The Bertz CT molecular complexity index is 969. The summed E-state index contributed by atoms with van der Waals surface area (Å²) in [5.74, 6) is 0.539. The summed E-state index contributed by atoms with van der Waals surface area (Å²) in [6.45, 7) is 6.26. The summed E-state index contributed by atoms with van der Waals surface area (Å²) in [6.07, 6.45) is 4.29. The van der Waals surface area contributed by atoms with Crippen LogP contribution >= 0.6 is 0 Å². The van der Waals surface area contributed by atoms with Crippen LogP contribution in [-0.4, -0.2) is 20.7 Å². The number of rotatable bonds is 4. The first-order valence-electron chi connectivity index (χ1n) is 8.72. The Morgan fingerprint density at radius 3 is 2.72 bits per heavy atom. The predicted octanol–water partition coefficient (Wildman–Crippen LogP) is 3.87. The zero-order valence-electron chi connectivity index (χ0n) is 14.8. The number of nitrogens with one attached hydrogen (secondary N) is 1. The van der Waals surface area contributed by atoms with E-state index in [2.05, 4.69) is 28.4 Å². The van der Waals surface area contributed by atoms with Gasteiger partial charge in [-0.1, -0.05) is 6.07 Å². The summed E-state index contributed by atoms with van der Waals surface area (Å²) < 4.78 is 1.72. The van der Waals surface area contributed by atoms with Crippen molar-refractivity contribution in [2.24, 2.45) is 0 Å². The molecule has 128 valence electrons. The third-order valence-corrected chi connectivity index (χ3v) is 4.94. The van der Waals surface area contributed by atoms with Gasteiger partial charge in [-0.25, -0.2) is 9.67 Å². The molecule has 0 radical (unpaired) electrons. The number of hydrogen-bond acceptors (Lipinski definition) is 3. The summed E-state index contributed by atoms with van der Waals surface area (Å²) in [7, 11) is 0. The van der Waals surface area contributed by atoms with Gasteiger partial charge < -0.3 is 5.32 Å². The molecule has 2 aromatic heterocycles. The summed E-state index contributed by atoms with van der Waals surface area (Å²) in [6, 6.07) is 8.02. The number of benzene rings is 1. The van der Waals surface area contributed by atoms with Gasteiger partial charge >= 0.3 is 0 Å². The number of nitrogens with zero attached hydrogens (tertiary/aromatic N) is 3. The van der Waals surface area contributed by atoms with Gasteiger partial charge in [-0.15, -0.1) is 0 Å². The Morgan fingerprint density at radius 2 is 2.00 bits per heavy atom. The third-order valence-electron chi connectivity index (χ3n) is 4.94. The van der Waals surface area contributed by atoms with Crippen LogP contribution in [0.2, 0.25) is 0 Å². The maximum Gasteiger partial charge on any atom is 0.246 e. The monoisotopic (exact) mass is 334 g/mol. The molecule has 0 atom stereocenters. The number of carbonyl (C=O) groups is 1. The molecule has 1 aromatic carbocycles. The van der Waals surface area contributed by atoms with Crippen LogP contribution in [0.5, 0.6) is 0 Å². The highest BCUT2D eigenvalue weighted by Gasteiger charge is 2.27. The van der Waals surface area contributed by atoms with E-state index in [1.165, 1.54) is 24.0 Å². The number of aromatic nitrogens is 3. The lowest BCUT2D eigenvalue weighted by molar-refractivity contribution is -0.116. The van der Waals surface area contributed by atoms with Crippen LogP contribution in [0.15, 0.2) is 30.5 Å². The Balaban J connectivity index is 1.59. The summed E-state index contributed by atoms with van der Waals surface area (Å²) in [5.41, 5.74) is 6.26. The Hall–Kier alpha value is -2.69. The minimum atomic E-state index is -0.0914. The predicted molar refractivity (Wildman–Crippen MR) is 98.8 cm³/mol. The Kier molecular flexibility index (Phi) is 3.79. The molecule has 2 heterocycles. The lowest BCUT2D eigenvalue weighted by Crippen LogP contribution is -2.19. The number of aryl methyl sites for hydroxylation is 3. The molecule has 0 aliphatic heterocycles. The van der Waals surface area contributed by atoms with Crippen molar-refractivity contribution in [3.8, 4) is 0 Å². The van der Waals surface area contributed by atoms with Crippen molar-refractivity contribution in [1.82, 2.24) is 14.8 Å². The molecule has 4 rings (SSSR count). The lowest BCUT2D eigenvalue weighted by atomic mass is 10.1. The molecule has 0 saturated heterocycles. The van der Waals surface area contributed by atoms with Gasteiger partial charge in [0.25, 0.3) is 0 Å². The number of hydrogen-bond donors (Lipinski definition) is 1. The van der Waals surface area contributed by atoms with Crippen molar-refractivity contribution < 1.29 is 4.79 Å². The summed E-state index contributed by atoms with van der Waals surface area (Å²) in [4.78, 5) is 16.9. The third kappa shape index (κ3) is 3.02. The molecule has 0 bridgehead atoms. The van der Waals surface area contributed by atoms with Crippen LogP contribution < -0.4 is 5.32 Å². The Morgan fingerprint density at radius 1 is 1.20 bits per heavy atom. The number of anilines is 1. The van der Waals surface area contributed by atoms with E-state index in [1.54, 1.807) is 4.68 Å². The molecule has 1 saturated carbocycles. The zero-order chi connectivity index (χ0) is 17.6. The quantitative estimate of drug-likeness (QED) is 0.788. The smallest absolute Gasteiger partial charge is 0.246 e. The first-order chi connectivity index (χ1) is 12.0. The maximum atomic E-state index is 12.5. The minimum Gasteiger partial charge on any atom is -0.324 e. The lowest BCUT2D eigenvalue weighted by Gasteiger charge is -2.08. The second kappa shape index (κ2) is 5.99. The molecule has 1 aliphatic carbocycles. The average Bonchev–Trinajstić information content (AvgIpc) is 3.37. The van der Waals surface area contributed by atoms with Crippen molar-refractivity contribution in [1.29, 1.82) is 0 Å². The van der Waals surface area contributed by atoms with Crippen LogP contribution in [0.3, 0.4) is 0 Å². The number of carbonyl (C=O) groups excluding carboxylic acids is 1. The largest absolute Gasteiger partial charge is 0.324 e. The molecule has 1 N–H and O–H groups in total. The molecular weight excluding hydrogens is 312 g/mol. The summed E-state index contributed by atoms with van der Waals surface area (Å²) in [5, 5.41) is 8.64. The molecule has 1 fully saturated rings. The normalized spacial score (nSPS) is 14.0. The van der Waals surface area contributed by atoms with Crippen LogP contribution in [0.4, 0.5) is 5.69 Å². The molecule has 5 nitrogen and oxygen atoms in total. The summed E-state index contributed by atoms with van der Waals surface area (Å²) >= 11 is 0. The van der Waals surface area contributed by atoms with Gasteiger partial charge in [-0.2, -0.15) is 5.10 Å². The first kappa shape index (κ1) is 15.8. The zero-order valence-corrected chi connectivity index (χ0v) is 14.8. The van der Waals surface area contributed by atoms with Crippen LogP contribution in [0.25, 0.3) is 11.0 Å². The van der Waals surface area contributed by atoms with E-state index in [0.29, 0.717) is 5.92 Å². The minimum absolute atomic E-state index is 0.0914. The fourth-order valence-corrected chi connectivity index (χ4v) is 3.31. The highest BCUT2D eigenvalue weighted by molar-refractivity contribution is 5.92. The van der Waals surface area contributed by atoms with E-state index in [1.807, 2.05) is 38.2 Å². The van der Waals surface area contributed by atoms with E-state index in [4.69, 9.17) is 0 Å². The second-order valence-corrected chi connectivity index (χ2v) is 6.96. The number of fused-ring (bicyclic) bond motifs is 1. The van der Waals surface area contributed by atoms with Gasteiger partial charge in [-0.05, 0) is 74.4 Å². The second-order valence-electron chi connectivity index (χ2n) is 6.96. The highest BCUT2D eigenvalue weighted by atomic mass is 16.2. The van der Waals surface area contributed by atoms with Crippen molar-refractivity contribution in [2.45, 2.75) is 46.1 Å². The van der Waals surface area contributed by atoms with Gasteiger partial charge in [0.05, 0.1) is 5.69 Å². The van der Waals surface area contributed by atoms with Gasteiger partial charge in [-0.3, -0.25) is 4.79 Å². The molecule has 25 heavy (non-hydrogen) atoms. The molecule has 0 spiro atoms. The fourth-order valence-electron chi connectivity index (χ4n) is 3.31. The molecule has 1 aliphatic rings. The Labute approximate surface area is 147 Å². The molecule has 0 unspecified atom stereocenters. The fraction of sp³-hybridized carbons (Fsp3) is 0.350. The van der Waals surface area contributed by atoms with Crippen molar-refractivity contribution in [3.05, 3.63) is 52.8 Å². The first-order valence-corrected chi connectivity index (χ1v) is 8.72. The van der Waals surface area contributed by atoms with Crippen LogP contribution in [0, 0.1) is 20.8 Å². The van der Waals surface area contributed by atoms with Gasteiger partial charge in [0, 0.05) is 17.3 Å². The molecule has 3 aromatic rings. The van der Waals surface area contributed by atoms with Crippen molar-refractivity contribution in [2.75, 3.05) is 5.32 Å². The molecular formula is C20H22N4O. The van der Waals surface area contributed by atoms with Crippen LogP contribution in [0.1, 0.15) is 41.1 Å². The van der Waals surface area contributed by atoms with Gasteiger partial charge in [0.1, 0.15) is 6.54 Å².